The van der Waals surface area contributed by atoms with Gasteiger partial charge in [-0.1, -0.05) is 11.6 Å². The molecular weight excluding hydrogens is 432 g/mol. The van der Waals surface area contributed by atoms with E-state index in [0.29, 0.717) is 5.76 Å². The number of hydrogen-bond donors (Lipinski definition) is 1. The molecule has 1 N–H and O–H groups in total. The van der Waals surface area contributed by atoms with Gasteiger partial charge in [-0.05, 0) is 25.1 Å². The Morgan fingerprint density at radius 3 is 2.77 bits per heavy atom. The summed E-state index contributed by atoms with van der Waals surface area (Å²) < 4.78 is 17.2. The van der Waals surface area contributed by atoms with Gasteiger partial charge in [0, 0.05) is 19.2 Å². The molecule has 1 amide bonds. The fourth-order valence-electron chi connectivity index (χ4n) is 2.56. The highest BCUT2D eigenvalue weighted by atomic mass is 35.5. The van der Waals surface area contributed by atoms with Crippen molar-refractivity contribution in [3.05, 3.63) is 68.7 Å². The number of nitrogens with one attached hydrogen (secondary N) is 1. The molecular formula is C19H17ClN4O7. The minimum Gasteiger partial charge on any atom is -0.484 e. The van der Waals surface area contributed by atoms with Crippen molar-refractivity contribution < 1.29 is 28.4 Å². The molecule has 3 aromatic rings. The first kappa shape index (κ1) is 21.8. The zero-order chi connectivity index (χ0) is 22.5. The molecule has 162 valence electrons. The van der Waals surface area contributed by atoms with Gasteiger partial charge in [0.15, 0.2) is 5.76 Å². The number of aromatic nitrogens is 2. The Morgan fingerprint density at radius 2 is 2.10 bits per heavy atom. The molecule has 0 atom stereocenters. The average molecular weight is 449 g/mol. The second kappa shape index (κ2) is 9.30. The van der Waals surface area contributed by atoms with E-state index < -0.39 is 16.8 Å². The smallest absolute Gasteiger partial charge is 0.343 e. The third-order valence-electron chi connectivity index (χ3n) is 4.05. The molecule has 0 aliphatic carbocycles. The number of rotatable bonds is 8. The minimum atomic E-state index is -0.612. The number of nitrogens with zero attached hydrogens (tertiary/aromatic N) is 3. The number of anilines is 1. The molecule has 0 aliphatic rings. The van der Waals surface area contributed by atoms with Crippen molar-refractivity contribution in [3.8, 4) is 5.75 Å². The number of halogens is 1. The van der Waals surface area contributed by atoms with Crippen LogP contribution in [0.4, 0.5) is 11.5 Å². The maximum absolute atomic E-state index is 12.5. The average Bonchev–Trinajstić information content (AvgIpc) is 3.34. The standard InChI is InChI=1S/C19H17ClN4O7/c1-3-29-19(26)13-9-21-23(2)17(13)22-18(25)16-7-5-12(31-16)10-30-15-6-4-11(24(27)28)8-14(15)20/h4-9H,3,10H2,1-2H3,(H,22,25). The maximum Gasteiger partial charge on any atom is 0.343 e. The molecule has 12 heteroatoms. The predicted molar refractivity (Wildman–Crippen MR) is 108 cm³/mol. The first-order valence-electron chi connectivity index (χ1n) is 8.96. The topological polar surface area (TPSA) is 139 Å². The largest absolute Gasteiger partial charge is 0.484 e. The number of hydrogen-bond acceptors (Lipinski definition) is 8. The van der Waals surface area contributed by atoms with Crippen LogP contribution in [0, 0.1) is 10.1 Å². The summed E-state index contributed by atoms with van der Waals surface area (Å²) in [6, 6.07) is 6.77. The van der Waals surface area contributed by atoms with Crippen LogP contribution in [-0.4, -0.2) is 33.2 Å². The third kappa shape index (κ3) is 5.01. The van der Waals surface area contributed by atoms with Gasteiger partial charge in [-0.25, -0.2) is 4.79 Å². The Kier molecular flexibility index (Phi) is 6.55. The van der Waals surface area contributed by atoms with Gasteiger partial charge in [-0.2, -0.15) is 5.10 Å². The van der Waals surface area contributed by atoms with Crippen molar-refractivity contribution in [3.63, 3.8) is 0 Å². The summed E-state index contributed by atoms with van der Waals surface area (Å²) in [5, 5.41) is 17.4. The van der Waals surface area contributed by atoms with Crippen LogP contribution in [0.3, 0.4) is 0 Å². The summed E-state index contributed by atoms with van der Waals surface area (Å²) in [6.45, 7) is 1.79. The van der Waals surface area contributed by atoms with E-state index >= 15 is 0 Å². The highest BCUT2D eigenvalue weighted by molar-refractivity contribution is 6.32. The molecule has 3 rings (SSSR count). The van der Waals surface area contributed by atoms with Crippen molar-refractivity contribution in [1.29, 1.82) is 0 Å². The number of carbonyl (C=O) groups is 2. The zero-order valence-electron chi connectivity index (χ0n) is 16.5. The van der Waals surface area contributed by atoms with E-state index in [0.717, 1.165) is 0 Å². The number of non-ortho nitro benzene ring substituents is 1. The summed E-state index contributed by atoms with van der Waals surface area (Å²) in [6.07, 6.45) is 1.29. The molecule has 0 aliphatic heterocycles. The summed E-state index contributed by atoms with van der Waals surface area (Å²) in [5.74, 6) is -0.535. The van der Waals surface area contributed by atoms with Crippen LogP contribution in [0.5, 0.6) is 5.75 Å². The lowest BCUT2D eigenvalue weighted by atomic mass is 10.3. The number of amides is 1. The number of aryl methyl sites for hydroxylation is 1. The number of esters is 1. The molecule has 2 heterocycles. The van der Waals surface area contributed by atoms with Gasteiger partial charge in [0.05, 0.1) is 22.7 Å². The summed E-state index contributed by atoms with van der Waals surface area (Å²) >= 11 is 5.98. The van der Waals surface area contributed by atoms with Gasteiger partial charge in [-0.3, -0.25) is 19.6 Å². The molecule has 0 spiro atoms. The van der Waals surface area contributed by atoms with Crippen LogP contribution < -0.4 is 10.1 Å². The van der Waals surface area contributed by atoms with Crippen LogP contribution in [0.1, 0.15) is 33.6 Å². The number of carbonyl (C=O) groups excluding carboxylic acids is 2. The number of ether oxygens (including phenoxy) is 2. The van der Waals surface area contributed by atoms with Gasteiger partial charge >= 0.3 is 5.97 Å². The lowest BCUT2D eigenvalue weighted by Gasteiger charge is -2.07. The van der Waals surface area contributed by atoms with E-state index in [1.54, 1.807) is 14.0 Å². The quantitative estimate of drug-likeness (QED) is 0.313. The second-order valence-corrected chi connectivity index (χ2v) is 6.54. The monoisotopic (exact) mass is 448 g/mol. The van der Waals surface area contributed by atoms with Gasteiger partial charge in [0.2, 0.25) is 0 Å². The molecule has 0 bridgehead atoms. The first-order chi connectivity index (χ1) is 14.8. The van der Waals surface area contributed by atoms with E-state index in [-0.39, 0.29) is 46.8 Å². The molecule has 2 aromatic heterocycles. The Morgan fingerprint density at radius 1 is 1.32 bits per heavy atom. The first-order valence-corrected chi connectivity index (χ1v) is 9.33. The van der Waals surface area contributed by atoms with Crippen molar-refractivity contribution in [2.45, 2.75) is 13.5 Å². The summed E-state index contributed by atoms with van der Waals surface area (Å²) in [4.78, 5) is 34.7. The van der Waals surface area contributed by atoms with Crippen LogP contribution >= 0.6 is 11.6 Å². The molecule has 0 saturated heterocycles. The van der Waals surface area contributed by atoms with Crippen LogP contribution in [0.25, 0.3) is 0 Å². The predicted octanol–water partition coefficient (Wildman–Crippen LogP) is 3.58. The number of nitro benzene ring substituents is 1. The van der Waals surface area contributed by atoms with Gasteiger partial charge in [0.25, 0.3) is 11.6 Å². The summed E-state index contributed by atoms with van der Waals surface area (Å²) in [7, 11) is 1.56. The van der Waals surface area contributed by atoms with Crippen molar-refractivity contribution in [2.75, 3.05) is 11.9 Å². The van der Waals surface area contributed by atoms with E-state index in [1.165, 1.54) is 41.2 Å². The molecule has 1 aromatic carbocycles. The second-order valence-electron chi connectivity index (χ2n) is 6.13. The fourth-order valence-corrected chi connectivity index (χ4v) is 2.79. The molecule has 0 radical (unpaired) electrons. The molecule has 11 nitrogen and oxygen atoms in total. The van der Waals surface area contributed by atoms with Crippen molar-refractivity contribution in [1.82, 2.24) is 9.78 Å². The van der Waals surface area contributed by atoms with E-state index in [1.807, 2.05) is 0 Å². The Hall–Kier alpha value is -3.86. The van der Waals surface area contributed by atoms with Crippen LogP contribution in [-0.2, 0) is 18.4 Å². The van der Waals surface area contributed by atoms with Crippen molar-refractivity contribution in [2.24, 2.45) is 7.05 Å². The molecule has 0 fully saturated rings. The van der Waals surface area contributed by atoms with Gasteiger partial charge in [-0.15, -0.1) is 0 Å². The van der Waals surface area contributed by atoms with Gasteiger partial charge < -0.3 is 19.2 Å². The SMILES string of the molecule is CCOC(=O)c1cnn(C)c1NC(=O)c1ccc(COc2ccc([N+](=O)[O-])cc2Cl)o1. The fraction of sp³-hybridized carbons (Fsp3) is 0.211. The van der Waals surface area contributed by atoms with Crippen LogP contribution in [0.2, 0.25) is 5.02 Å². The van der Waals surface area contributed by atoms with E-state index in [9.17, 15) is 19.7 Å². The third-order valence-corrected chi connectivity index (χ3v) is 4.34. The Labute approximate surface area is 180 Å². The molecule has 0 saturated carbocycles. The molecule has 0 unspecified atom stereocenters. The van der Waals surface area contributed by atoms with Gasteiger partial charge in [0.1, 0.15) is 29.5 Å². The minimum absolute atomic E-state index is 0.0237. The van der Waals surface area contributed by atoms with E-state index in [4.69, 9.17) is 25.5 Å². The highest BCUT2D eigenvalue weighted by Gasteiger charge is 2.21. The Bertz CT molecular complexity index is 1140. The normalized spacial score (nSPS) is 10.5. The Balaban J connectivity index is 1.66. The molecule has 31 heavy (non-hydrogen) atoms. The number of benzene rings is 1. The highest BCUT2D eigenvalue weighted by Crippen LogP contribution is 2.29. The lowest BCUT2D eigenvalue weighted by Crippen LogP contribution is -2.17. The zero-order valence-corrected chi connectivity index (χ0v) is 17.2. The van der Waals surface area contributed by atoms with Crippen molar-refractivity contribution >= 4 is 35.0 Å². The summed E-state index contributed by atoms with van der Waals surface area (Å²) in [5.41, 5.74) is -0.0488. The van der Waals surface area contributed by atoms with E-state index in [2.05, 4.69) is 10.4 Å². The van der Waals surface area contributed by atoms with Crippen LogP contribution in [0.15, 0.2) is 40.9 Å². The number of nitro groups is 1. The number of furan rings is 1. The lowest BCUT2D eigenvalue weighted by molar-refractivity contribution is -0.384. The maximum atomic E-state index is 12.5.